The average Bonchev–Trinajstić information content (AvgIpc) is 3.73. The predicted molar refractivity (Wildman–Crippen MR) is 204 cm³/mol. The molecule has 0 aliphatic heterocycles. The fourth-order valence-electron chi connectivity index (χ4n) is 7.47. The highest BCUT2D eigenvalue weighted by molar-refractivity contribution is 6.32. The van der Waals surface area contributed by atoms with Gasteiger partial charge >= 0.3 is 6.09 Å². The average molecular weight is 687 g/mol. The minimum atomic E-state index is -0.902. The van der Waals surface area contributed by atoms with Crippen LogP contribution in [-0.2, 0) is 11.2 Å². The number of rotatable bonds is 10. The molecule has 0 fully saturated rings. The van der Waals surface area contributed by atoms with Gasteiger partial charge in [-0.3, -0.25) is 4.79 Å². The number of benzene rings is 6. The molecule has 0 bridgehead atoms. The number of alkyl carbamates (subject to hydrolysis) is 1. The van der Waals surface area contributed by atoms with E-state index in [4.69, 9.17) is 16.3 Å². The fraction of sp³-hybridized carbons (Fsp3) is 0.111. The lowest BCUT2D eigenvalue weighted by molar-refractivity contribution is 0.0919. The molecule has 6 aromatic carbocycles. The number of hydrogen-bond donors (Lipinski definition) is 2. The van der Waals surface area contributed by atoms with Gasteiger partial charge in [-0.15, -0.1) is 0 Å². The lowest BCUT2D eigenvalue weighted by Gasteiger charge is -2.22. The number of ether oxygens (including phenoxy) is 1. The molecule has 1 amide bonds. The molecule has 7 aromatic rings. The third-order valence-corrected chi connectivity index (χ3v) is 10.2. The Balaban J connectivity index is 1.07. The number of Topliss-reactive ketones (excluding diaryl/α,β-unsaturated/α-hetero) is 1. The Kier molecular flexibility index (Phi) is 8.96. The first-order chi connectivity index (χ1) is 25.0. The van der Waals surface area contributed by atoms with Crippen molar-refractivity contribution in [3.05, 3.63) is 202 Å². The van der Waals surface area contributed by atoms with Gasteiger partial charge in [-0.25, -0.2) is 4.79 Å². The molecule has 6 heteroatoms. The number of carbonyl (C=O) groups is 2. The van der Waals surface area contributed by atoms with Crippen LogP contribution in [0.2, 0.25) is 5.02 Å². The number of fused-ring (bicyclic) bond motifs is 4. The molecule has 5 nitrogen and oxygen atoms in total. The lowest BCUT2D eigenvalue weighted by atomic mass is 9.84. The van der Waals surface area contributed by atoms with Crippen molar-refractivity contribution in [1.29, 1.82) is 0 Å². The number of nitrogens with one attached hydrogen (secondary N) is 2. The SMILES string of the molecule is O=C(N[C@@H](Cc1c[nH]c2ccccc12)C(=O)c1ccc(C(c2ccccc2)c2ccccc2)c(Cl)c1)OCC1c2ccccc2-c2ccccc21. The molecule has 0 spiro atoms. The Hall–Kier alpha value is -5.91. The van der Waals surface area contributed by atoms with Crippen LogP contribution in [0.3, 0.4) is 0 Å². The molecule has 1 aliphatic carbocycles. The van der Waals surface area contributed by atoms with Crippen LogP contribution in [0.15, 0.2) is 158 Å². The lowest BCUT2D eigenvalue weighted by Crippen LogP contribution is -2.43. The fourth-order valence-corrected chi connectivity index (χ4v) is 7.76. The zero-order valence-corrected chi connectivity index (χ0v) is 28.5. The number of aromatic amines is 1. The monoisotopic (exact) mass is 686 g/mol. The second-order valence-corrected chi connectivity index (χ2v) is 13.3. The first-order valence-electron chi connectivity index (χ1n) is 17.1. The van der Waals surface area contributed by atoms with E-state index in [-0.39, 0.29) is 30.6 Å². The van der Waals surface area contributed by atoms with Crippen LogP contribution in [-0.4, -0.2) is 29.5 Å². The van der Waals surface area contributed by atoms with Crippen molar-refractivity contribution < 1.29 is 14.3 Å². The van der Waals surface area contributed by atoms with Crippen molar-refractivity contribution in [1.82, 2.24) is 10.3 Å². The van der Waals surface area contributed by atoms with E-state index >= 15 is 0 Å². The van der Waals surface area contributed by atoms with Crippen LogP contribution in [0.1, 0.15) is 55.6 Å². The molecular weight excluding hydrogens is 652 g/mol. The third kappa shape index (κ3) is 6.44. The summed E-state index contributed by atoms with van der Waals surface area (Å²) in [6, 6.07) is 49.3. The molecule has 1 atom stereocenters. The minimum Gasteiger partial charge on any atom is -0.449 e. The Labute approximate surface area is 301 Å². The minimum absolute atomic E-state index is 0.0977. The van der Waals surface area contributed by atoms with Gasteiger partial charge < -0.3 is 15.0 Å². The summed E-state index contributed by atoms with van der Waals surface area (Å²) in [6.07, 6.45) is 1.51. The van der Waals surface area contributed by atoms with Gasteiger partial charge in [0.25, 0.3) is 0 Å². The van der Waals surface area contributed by atoms with E-state index < -0.39 is 12.1 Å². The Bertz CT molecular complexity index is 2270. The summed E-state index contributed by atoms with van der Waals surface area (Å²) in [5.41, 5.74) is 9.91. The van der Waals surface area contributed by atoms with Gasteiger partial charge in [-0.05, 0) is 56.6 Å². The number of hydrogen-bond acceptors (Lipinski definition) is 3. The van der Waals surface area contributed by atoms with E-state index in [2.05, 4.69) is 58.8 Å². The third-order valence-electron chi connectivity index (χ3n) is 9.91. The van der Waals surface area contributed by atoms with Crippen molar-refractivity contribution in [3.8, 4) is 11.1 Å². The molecule has 8 rings (SSSR count). The van der Waals surface area contributed by atoms with Crippen LogP contribution in [0.5, 0.6) is 0 Å². The van der Waals surface area contributed by atoms with Crippen molar-refractivity contribution >= 4 is 34.4 Å². The molecule has 0 saturated carbocycles. The highest BCUT2D eigenvalue weighted by atomic mass is 35.5. The van der Waals surface area contributed by atoms with Crippen LogP contribution in [0.25, 0.3) is 22.0 Å². The zero-order valence-electron chi connectivity index (χ0n) is 27.8. The van der Waals surface area contributed by atoms with Gasteiger partial charge in [0.2, 0.25) is 0 Å². The summed E-state index contributed by atoms with van der Waals surface area (Å²) in [4.78, 5) is 31.2. The first kappa shape index (κ1) is 32.3. The number of aromatic nitrogens is 1. The number of amides is 1. The topological polar surface area (TPSA) is 71.2 Å². The number of para-hydroxylation sites is 1. The van der Waals surface area contributed by atoms with Crippen molar-refractivity contribution in [3.63, 3.8) is 0 Å². The number of H-pyrrole nitrogens is 1. The maximum Gasteiger partial charge on any atom is 0.407 e. The van der Waals surface area contributed by atoms with Gasteiger partial charge in [0.1, 0.15) is 6.61 Å². The molecule has 0 saturated heterocycles. The highest BCUT2D eigenvalue weighted by Gasteiger charge is 2.31. The second-order valence-electron chi connectivity index (χ2n) is 12.9. The molecule has 0 unspecified atom stereocenters. The molecule has 250 valence electrons. The van der Waals surface area contributed by atoms with E-state index in [0.717, 1.165) is 55.4 Å². The second kappa shape index (κ2) is 14.1. The van der Waals surface area contributed by atoms with Gasteiger partial charge in [-0.2, -0.15) is 0 Å². The summed E-state index contributed by atoms with van der Waals surface area (Å²) in [6.45, 7) is 0.148. The summed E-state index contributed by atoms with van der Waals surface area (Å²) >= 11 is 7.03. The highest BCUT2D eigenvalue weighted by Crippen LogP contribution is 2.44. The largest absolute Gasteiger partial charge is 0.449 e. The van der Waals surface area contributed by atoms with E-state index in [1.165, 1.54) is 0 Å². The molecule has 0 radical (unpaired) electrons. The molecular formula is C45H35ClN2O3. The predicted octanol–water partition coefficient (Wildman–Crippen LogP) is 10.3. The van der Waals surface area contributed by atoms with Crippen LogP contribution < -0.4 is 5.32 Å². The van der Waals surface area contributed by atoms with Crippen LogP contribution >= 0.6 is 11.6 Å². The molecule has 51 heavy (non-hydrogen) atoms. The Morgan fingerprint density at radius 3 is 1.94 bits per heavy atom. The quantitative estimate of drug-likeness (QED) is 0.111. The summed E-state index contributed by atoms with van der Waals surface area (Å²) in [5, 5.41) is 4.40. The standard InChI is InChI=1S/C45H35ClN2O3/c46-40-25-31(23-24-38(40)43(29-13-3-1-4-14-29)30-15-5-2-6-16-30)44(49)42(26-32-27-47-41-22-12-11-17-33(32)41)48-45(50)51-28-39-36-20-9-7-18-34(36)35-19-8-10-21-37(35)39/h1-25,27,39,42-43,47H,26,28H2,(H,48,50)/t42-/m0/s1. The van der Waals surface area contributed by atoms with E-state index in [9.17, 15) is 9.59 Å². The van der Waals surface area contributed by atoms with Gasteiger partial charge in [0.15, 0.2) is 5.78 Å². The number of halogens is 1. The summed E-state index contributed by atoms with van der Waals surface area (Å²) < 4.78 is 5.90. The number of carbonyl (C=O) groups excluding carboxylic acids is 2. The zero-order chi connectivity index (χ0) is 34.7. The van der Waals surface area contributed by atoms with Crippen LogP contribution in [0.4, 0.5) is 4.79 Å². The Morgan fingerprint density at radius 1 is 0.706 bits per heavy atom. The van der Waals surface area contributed by atoms with Crippen LogP contribution in [0, 0.1) is 0 Å². The summed E-state index contributed by atoms with van der Waals surface area (Å²) in [7, 11) is 0. The first-order valence-corrected chi connectivity index (χ1v) is 17.5. The maximum absolute atomic E-state index is 14.4. The summed E-state index contributed by atoms with van der Waals surface area (Å²) in [5.74, 6) is -0.470. The smallest absolute Gasteiger partial charge is 0.407 e. The van der Waals surface area contributed by atoms with E-state index in [0.29, 0.717) is 10.6 Å². The molecule has 1 aliphatic rings. The van der Waals surface area contributed by atoms with Gasteiger partial charge in [0, 0.05) is 45.9 Å². The normalized spacial score (nSPS) is 12.7. The maximum atomic E-state index is 14.4. The molecule has 2 N–H and O–H groups in total. The van der Waals surface area contributed by atoms with Crippen molar-refractivity contribution in [2.75, 3.05) is 6.61 Å². The molecule has 1 aromatic heterocycles. The molecule has 1 heterocycles. The van der Waals surface area contributed by atoms with Gasteiger partial charge in [-0.1, -0.05) is 151 Å². The number of ketones is 1. The van der Waals surface area contributed by atoms with E-state index in [1.807, 2.05) is 103 Å². The van der Waals surface area contributed by atoms with Crippen molar-refractivity contribution in [2.24, 2.45) is 0 Å². The van der Waals surface area contributed by atoms with Gasteiger partial charge in [0.05, 0.1) is 6.04 Å². The Morgan fingerprint density at radius 2 is 1.29 bits per heavy atom. The van der Waals surface area contributed by atoms with Crippen molar-refractivity contribution in [2.45, 2.75) is 24.3 Å². The van der Waals surface area contributed by atoms with E-state index in [1.54, 1.807) is 6.07 Å².